The Hall–Kier alpha value is -1.66. The van der Waals surface area contributed by atoms with Gasteiger partial charge in [0.15, 0.2) is 0 Å². The predicted octanol–water partition coefficient (Wildman–Crippen LogP) is 3.08. The monoisotopic (exact) mass is 301 g/mol. The molecule has 6 nitrogen and oxygen atoms in total. The van der Waals surface area contributed by atoms with Crippen molar-refractivity contribution in [2.45, 2.75) is 13.8 Å². The fraction of sp³-hybridized carbons (Fsp3) is 0.462. The summed E-state index contributed by atoms with van der Waals surface area (Å²) in [7, 11) is 0. The lowest BCUT2D eigenvalue weighted by atomic mass is 10.2. The van der Waals surface area contributed by atoms with Crippen molar-refractivity contribution in [3.8, 4) is 0 Å². The highest BCUT2D eigenvalue weighted by atomic mass is 35.5. The molecule has 0 saturated carbocycles. The lowest BCUT2D eigenvalue weighted by Gasteiger charge is -2.08. The number of carbonyl (C=O) groups is 1. The van der Waals surface area contributed by atoms with Crippen molar-refractivity contribution in [2.75, 3.05) is 19.8 Å². The molecular weight excluding hydrogens is 286 g/mol. The Labute approximate surface area is 121 Å². The summed E-state index contributed by atoms with van der Waals surface area (Å²) in [6.07, 6.45) is 0. The van der Waals surface area contributed by atoms with Crippen LogP contribution in [0.5, 0.6) is 0 Å². The van der Waals surface area contributed by atoms with Gasteiger partial charge in [0.25, 0.3) is 0 Å². The van der Waals surface area contributed by atoms with E-state index in [1.165, 1.54) is 18.2 Å². The average molecular weight is 302 g/mol. The third-order valence-corrected chi connectivity index (χ3v) is 2.61. The number of nitrogens with zero attached hydrogens (tertiary/aromatic N) is 1. The molecule has 0 bridgehead atoms. The lowest BCUT2D eigenvalue weighted by molar-refractivity contribution is -0.385. The summed E-state index contributed by atoms with van der Waals surface area (Å²) in [5.41, 5.74) is -0.603. The fourth-order valence-electron chi connectivity index (χ4n) is 1.46. The third kappa shape index (κ3) is 4.79. The van der Waals surface area contributed by atoms with E-state index in [1.54, 1.807) is 0 Å². The van der Waals surface area contributed by atoms with E-state index in [0.29, 0.717) is 12.5 Å². The minimum atomic E-state index is -0.785. The first kappa shape index (κ1) is 16.4. The van der Waals surface area contributed by atoms with E-state index in [2.05, 4.69) is 0 Å². The van der Waals surface area contributed by atoms with E-state index >= 15 is 0 Å². The van der Waals surface area contributed by atoms with Gasteiger partial charge in [-0.3, -0.25) is 10.1 Å². The molecule has 20 heavy (non-hydrogen) atoms. The van der Waals surface area contributed by atoms with Crippen LogP contribution in [0.1, 0.15) is 24.2 Å². The van der Waals surface area contributed by atoms with Crippen molar-refractivity contribution in [3.63, 3.8) is 0 Å². The summed E-state index contributed by atoms with van der Waals surface area (Å²) >= 11 is 5.71. The van der Waals surface area contributed by atoms with Gasteiger partial charge in [-0.1, -0.05) is 31.5 Å². The molecule has 0 unspecified atom stereocenters. The number of ether oxygens (including phenoxy) is 2. The summed E-state index contributed by atoms with van der Waals surface area (Å²) in [5.74, 6) is -0.396. The van der Waals surface area contributed by atoms with E-state index in [4.69, 9.17) is 21.1 Å². The zero-order valence-electron chi connectivity index (χ0n) is 11.3. The number of nitro groups is 1. The summed E-state index contributed by atoms with van der Waals surface area (Å²) in [6, 6.07) is 4.12. The highest BCUT2D eigenvalue weighted by Crippen LogP contribution is 2.28. The summed E-state index contributed by atoms with van der Waals surface area (Å²) < 4.78 is 10.2. The Morgan fingerprint density at radius 2 is 2.10 bits per heavy atom. The molecule has 0 spiro atoms. The van der Waals surface area contributed by atoms with Crippen LogP contribution >= 0.6 is 11.6 Å². The maximum Gasteiger partial charge on any atom is 0.345 e. The van der Waals surface area contributed by atoms with Crippen molar-refractivity contribution >= 4 is 23.3 Å². The lowest BCUT2D eigenvalue weighted by Crippen LogP contribution is -2.14. The van der Waals surface area contributed by atoms with Gasteiger partial charge < -0.3 is 9.47 Å². The number of halogens is 1. The van der Waals surface area contributed by atoms with E-state index in [-0.39, 0.29) is 23.8 Å². The number of carbonyl (C=O) groups excluding carboxylic acids is 1. The van der Waals surface area contributed by atoms with Crippen LogP contribution in [0.15, 0.2) is 18.2 Å². The number of hydrogen-bond donors (Lipinski definition) is 0. The topological polar surface area (TPSA) is 78.7 Å². The molecule has 0 saturated heterocycles. The van der Waals surface area contributed by atoms with Crippen LogP contribution < -0.4 is 0 Å². The number of hydrogen-bond acceptors (Lipinski definition) is 5. The zero-order valence-corrected chi connectivity index (χ0v) is 12.1. The van der Waals surface area contributed by atoms with Gasteiger partial charge in [-0.05, 0) is 18.1 Å². The predicted molar refractivity (Wildman–Crippen MR) is 74.0 cm³/mol. The van der Waals surface area contributed by atoms with Gasteiger partial charge >= 0.3 is 11.7 Å². The first-order chi connectivity index (χ1) is 9.43. The molecule has 1 aromatic rings. The molecule has 0 aliphatic heterocycles. The quantitative estimate of drug-likeness (QED) is 0.335. The molecule has 0 aliphatic rings. The van der Waals surface area contributed by atoms with E-state index in [1.807, 2.05) is 13.8 Å². The molecule has 1 rings (SSSR count). The molecule has 0 N–H and O–H groups in total. The Morgan fingerprint density at radius 3 is 2.70 bits per heavy atom. The van der Waals surface area contributed by atoms with Crippen LogP contribution in [-0.2, 0) is 9.47 Å². The summed E-state index contributed by atoms with van der Waals surface area (Å²) in [4.78, 5) is 22.0. The highest BCUT2D eigenvalue weighted by Gasteiger charge is 2.24. The molecule has 1 aromatic carbocycles. The van der Waals surface area contributed by atoms with Crippen molar-refractivity contribution in [1.29, 1.82) is 0 Å². The van der Waals surface area contributed by atoms with Crippen LogP contribution in [-0.4, -0.2) is 30.7 Å². The van der Waals surface area contributed by atoms with E-state index in [0.717, 1.165) is 0 Å². The molecule has 7 heteroatoms. The molecule has 0 amide bonds. The van der Waals surface area contributed by atoms with Crippen molar-refractivity contribution in [2.24, 2.45) is 5.92 Å². The molecule has 110 valence electrons. The van der Waals surface area contributed by atoms with Gasteiger partial charge in [0.2, 0.25) is 0 Å². The molecular formula is C13H16ClNO5. The molecule has 0 aliphatic carbocycles. The van der Waals surface area contributed by atoms with Gasteiger partial charge in [-0.2, -0.15) is 0 Å². The Balaban J connectivity index is 2.60. The number of rotatable bonds is 7. The normalized spacial score (nSPS) is 10.6. The van der Waals surface area contributed by atoms with Crippen molar-refractivity contribution in [3.05, 3.63) is 38.9 Å². The molecule has 0 atom stereocenters. The molecule has 0 heterocycles. The zero-order chi connectivity index (χ0) is 15.1. The minimum absolute atomic E-state index is 0.0369. The number of benzene rings is 1. The van der Waals surface area contributed by atoms with Gasteiger partial charge in [-0.15, -0.1) is 0 Å². The maximum atomic E-state index is 11.8. The number of nitro benzene ring substituents is 1. The molecule has 0 radical (unpaired) electrons. The Kier molecular flexibility index (Phi) is 6.41. The fourth-order valence-corrected chi connectivity index (χ4v) is 1.70. The Bertz CT molecular complexity index is 490. The second-order valence-electron chi connectivity index (χ2n) is 4.50. The van der Waals surface area contributed by atoms with Crippen LogP contribution in [0.2, 0.25) is 5.02 Å². The highest BCUT2D eigenvalue weighted by molar-refractivity contribution is 6.33. The van der Waals surface area contributed by atoms with Crippen molar-refractivity contribution < 1.29 is 19.2 Å². The van der Waals surface area contributed by atoms with Gasteiger partial charge in [0.1, 0.15) is 17.2 Å². The average Bonchev–Trinajstić information content (AvgIpc) is 2.36. The smallest absolute Gasteiger partial charge is 0.345 e. The van der Waals surface area contributed by atoms with Crippen LogP contribution in [0, 0.1) is 16.0 Å². The third-order valence-electron chi connectivity index (χ3n) is 2.30. The van der Waals surface area contributed by atoms with Gasteiger partial charge in [0, 0.05) is 6.61 Å². The van der Waals surface area contributed by atoms with Gasteiger partial charge in [0.05, 0.1) is 11.5 Å². The Morgan fingerprint density at radius 1 is 1.40 bits per heavy atom. The number of para-hydroxylation sites is 1. The second kappa shape index (κ2) is 7.81. The number of esters is 1. The molecule has 0 aromatic heterocycles. The van der Waals surface area contributed by atoms with Crippen LogP contribution in [0.4, 0.5) is 5.69 Å². The second-order valence-corrected chi connectivity index (χ2v) is 4.90. The summed E-state index contributed by atoms with van der Waals surface area (Å²) in [6.45, 7) is 4.85. The van der Waals surface area contributed by atoms with E-state index in [9.17, 15) is 14.9 Å². The molecule has 0 fully saturated rings. The SMILES string of the molecule is CC(C)COCCOC(=O)c1cccc(Cl)c1[N+](=O)[O-]. The first-order valence-corrected chi connectivity index (χ1v) is 6.49. The summed E-state index contributed by atoms with van der Waals surface area (Å²) in [5, 5.41) is 10.8. The van der Waals surface area contributed by atoms with Crippen LogP contribution in [0.3, 0.4) is 0 Å². The van der Waals surface area contributed by atoms with Gasteiger partial charge in [-0.25, -0.2) is 4.79 Å². The largest absolute Gasteiger partial charge is 0.459 e. The maximum absolute atomic E-state index is 11.8. The first-order valence-electron chi connectivity index (χ1n) is 6.11. The van der Waals surface area contributed by atoms with E-state index < -0.39 is 16.6 Å². The van der Waals surface area contributed by atoms with Crippen molar-refractivity contribution in [1.82, 2.24) is 0 Å². The standard InChI is InChI=1S/C13H16ClNO5/c1-9(2)8-19-6-7-20-13(16)10-4-3-5-11(14)12(10)15(17)18/h3-5,9H,6-8H2,1-2H3. The van der Waals surface area contributed by atoms with Crippen LogP contribution in [0.25, 0.3) is 0 Å². The minimum Gasteiger partial charge on any atom is -0.459 e.